The molecule has 0 aliphatic rings. The van der Waals surface area contributed by atoms with E-state index in [0.717, 1.165) is 0 Å². The van der Waals surface area contributed by atoms with Gasteiger partial charge in [0.05, 0.1) is 0 Å². The van der Waals surface area contributed by atoms with Crippen molar-refractivity contribution in [3.05, 3.63) is 189 Å². The molecular formula is C37H30IrP2. The van der Waals surface area contributed by atoms with Gasteiger partial charge >= 0.3 is 0 Å². The maximum absolute atomic E-state index is 2.23. The van der Waals surface area contributed by atoms with Crippen LogP contribution in [0, 0.1) is 7.43 Å². The largest absolute Gasteiger partial charge is 0.0622 e. The quantitative estimate of drug-likeness (QED) is 0.163. The molecule has 0 unspecified atom stereocenters. The molecule has 0 fully saturated rings. The molecule has 0 aliphatic carbocycles. The molecule has 40 heavy (non-hydrogen) atoms. The first kappa shape index (κ1) is 31.4. The number of hydrogen-bond donors (Lipinski definition) is 0. The Balaban J connectivity index is 0.000000210. The Morgan fingerprint density at radius 3 is 0.475 bits per heavy atom. The molecule has 0 spiro atoms. The molecule has 0 atom stereocenters. The molecule has 197 valence electrons. The normalized spacial score (nSPS) is 10.1. The van der Waals surface area contributed by atoms with Crippen LogP contribution in [-0.4, -0.2) is 0 Å². The van der Waals surface area contributed by atoms with Crippen molar-refractivity contribution in [3.63, 3.8) is 0 Å². The van der Waals surface area contributed by atoms with E-state index in [1.807, 2.05) is 0 Å². The third kappa shape index (κ3) is 8.41. The third-order valence-corrected chi connectivity index (χ3v) is 11.0. The summed E-state index contributed by atoms with van der Waals surface area (Å²) >= 11 is 0. The zero-order valence-corrected chi connectivity index (χ0v) is 26.2. The molecule has 0 N–H and O–H groups in total. The van der Waals surface area contributed by atoms with Crippen LogP contribution in [0.2, 0.25) is 0 Å². The second kappa shape index (κ2) is 16.8. The molecule has 0 aromatic heterocycles. The van der Waals surface area contributed by atoms with Gasteiger partial charge in [0.1, 0.15) is 0 Å². The first-order valence-electron chi connectivity index (χ1n) is 12.8. The van der Waals surface area contributed by atoms with Crippen LogP contribution >= 0.6 is 15.8 Å². The Bertz CT molecular complexity index is 1170. The van der Waals surface area contributed by atoms with Crippen molar-refractivity contribution in [1.29, 1.82) is 0 Å². The molecule has 0 amide bonds. The Labute approximate surface area is 256 Å². The molecule has 0 saturated carbocycles. The Hall–Kier alpha value is -3.17. The average Bonchev–Trinajstić information content (AvgIpc) is 3.01. The van der Waals surface area contributed by atoms with Gasteiger partial charge in [-0.05, 0) is 47.7 Å². The molecule has 0 heterocycles. The van der Waals surface area contributed by atoms with Gasteiger partial charge in [0.25, 0.3) is 0 Å². The summed E-state index contributed by atoms with van der Waals surface area (Å²) in [4.78, 5) is 0. The Morgan fingerprint density at radius 1 is 0.225 bits per heavy atom. The van der Waals surface area contributed by atoms with Crippen molar-refractivity contribution in [1.82, 2.24) is 0 Å². The second-order valence-corrected chi connectivity index (χ2v) is 13.1. The molecule has 0 saturated heterocycles. The fraction of sp³-hybridized carbons (Fsp3) is 0. The maximum Gasteiger partial charge on any atom is 0 e. The number of benzene rings is 6. The van der Waals surface area contributed by atoms with Crippen LogP contribution in [0.3, 0.4) is 0 Å². The molecule has 5 radical (unpaired) electrons. The van der Waals surface area contributed by atoms with E-state index in [0.29, 0.717) is 0 Å². The standard InChI is InChI=1S/2C18H15P.C.Ir/c2*1-4-10-16(11-5-1)19(17-12-6-2-7-13-17)18-14-8-3-9-15-18;;/h2*1-15H;;. The first-order chi connectivity index (χ1) is 18.9. The fourth-order valence-corrected chi connectivity index (χ4v) is 8.97. The fourth-order valence-electron chi connectivity index (χ4n) is 4.36. The first-order valence-corrected chi connectivity index (χ1v) is 15.5. The van der Waals surface area contributed by atoms with E-state index in [2.05, 4.69) is 182 Å². The van der Waals surface area contributed by atoms with Crippen molar-refractivity contribution >= 4 is 47.7 Å². The molecule has 0 nitrogen and oxygen atoms in total. The summed E-state index contributed by atoms with van der Waals surface area (Å²) in [6.45, 7) is 0. The van der Waals surface area contributed by atoms with Crippen LogP contribution in [0.25, 0.3) is 0 Å². The van der Waals surface area contributed by atoms with Gasteiger partial charge in [-0.2, -0.15) is 0 Å². The van der Waals surface area contributed by atoms with Crippen LogP contribution in [0.5, 0.6) is 0 Å². The maximum atomic E-state index is 2.23. The summed E-state index contributed by atoms with van der Waals surface area (Å²) in [6.07, 6.45) is 0. The van der Waals surface area contributed by atoms with Gasteiger partial charge in [0.2, 0.25) is 0 Å². The van der Waals surface area contributed by atoms with Gasteiger partial charge in [0.15, 0.2) is 0 Å². The summed E-state index contributed by atoms with van der Waals surface area (Å²) < 4.78 is 0. The van der Waals surface area contributed by atoms with E-state index in [-0.39, 0.29) is 27.5 Å². The van der Waals surface area contributed by atoms with E-state index in [1.165, 1.54) is 31.8 Å². The molecule has 6 rings (SSSR count). The molecule has 6 aromatic rings. The van der Waals surface area contributed by atoms with Crippen LogP contribution < -0.4 is 31.8 Å². The van der Waals surface area contributed by atoms with E-state index in [9.17, 15) is 0 Å². The van der Waals surface area contributed by atoms with Crippen molar-refractivity contribution in [3.8, 4) is 0 Å². The van der Waals surface area contributed by atoms with Crippen molar-refractivity contribution in [2.75, 3.05) is 0 Å². The SMILES string of the molecule is [C].[Ir].c1ccc(P(c2ccccc2)c2ccccc2)cc1.c1ccc(P(c2ccccc2)c2ccccc2)cc1. The summed E-state index contributed by atoms with van der Waals surface area (Å²) in [5, 5.41) is 8.39. The van der Waals surface area contributed by atoms with Crippen molar-refractivity contribution in [2.24, 2.45) is 0 Å². The molecule has 6 aromatic carbocycles. The molecular weight excluding hydrogens is 699 g/mol. The van der Waals surface area contributed by atoms with Gasteiger partial charge in [-0.1, -0.05) is 182 Å². The van der Waals surface area contributed by atoms with Crippen molar-refractivity contribution < 1.29 is 20.1 Å². The van der Waals surface area contributed by atoms with Gasteiger partial charge in [-0.3, -0.25) is 0 Å². The summed E-state index contributed by atoms with van der Waals surface area (Å²) in [5.41, 5.74) is 0. The summed E-state index contributed by atoms with van der Waals surface area (Å²) in [5.74, 6) is 0. The monoisotopic (exact) mass is 729 g/mol. The van der Waals surface area contributed by atoms with E-state index >= 15 is 0 Å². The Morgan fingerprint density at radius 2 is 0.350 bits per heavy atom. The molecule has 3 heteroatoms. The molecule has 0 bridgehead atoms. The van der Waals surface area contributed by atoms with Gasteiger partial charge in [-0.15, -0.1) is 0 Å². The summed E-state index contributed by atoms with van der Waals surface area (Å²) in [7, 11) is -0.892. The second-order valence-electron chi connectivity index (χ2n) is 8.68. The number of hydrogen-bond acceptors (Lipinski definition) is 0. The topological polar surface area (TPSA) is 0 Å². The Kier molecular flexibility index (Phi) is 13.2. The smallest absolute Gasteiger partial charge is 0 e. The minimum Gasteiger partial charge on any atom is -0.0622 e. The third-order valence-electron chi connectivity index (χ3n) is 6.09. The predicted octanol–water partition coefficient (Wildman–Crippen LogP) is 6.97. The van der Waals surface area contributed by atoms with Crippen LogP contribution in [0.1, 0.15) is 0 Å². The average molecular weight is 729 g/mol. The van der Waals surface area contributed by atoms with E-state index < -0.39 is 15.8 Å². The van der Waals surface area contributed by atoms with Crippen molar-refractivity contribution in [2.45, 2.75) is 0 Å². The van der Waals surface area contributed by atoms with Crippen LogP contribution in [0.4, 0.5) is 0 Å². The predicted molar refractivity (Wildman–Crippen MR) is 174 cm³/mol. The molecule has 0 aliphatic heterocycles. The van der Waals surface area contributed by atoms with Crippen LogP contribution in [-0.2, 0) is 20.1 Å². The zero-order valence-electron chi connectivity index (χ0n) is 22.0. The van der Waals surface area contributed by atoms with E-state index in [1.54, 1.807) is 0 Å². The zero-order chi connectivity index (χ0) is 25.8. The van der Waals surface area contributed by atoms with Gasteiger partial charge < -0.3 is 0 Å². The minimum absolute atomic E-state index is 0. The summed E-state index contributed by atoms with van der Waals surface area (Å²) in [6, 6.07) is 64.7. The van der Waals surface area contributed by atoms with Crippen LogP contribution in [0.15, 0.2) is 182 Å². The minimum atomic E-state index is -0.446. The van der Waals surface area contributed by atoms with Gasteiger partial charge in [-0.25, -0.2) is 0 Å². The van der Waals surface area contributed by atoms with E-state index in [4.69, 9.17) is 0 Å². The van der Waals surface area contributed by atoms with Gasteiger partial charge in [0, 0.05) is 27.5 Å². The number of rotatable bonds is 6.